The van der Waals surface area contributed by atoms with Crippen LogP contribution in [0.2, 0.25) is 0 Å². The van der Waals surface area contributed by atoms with Gasteiger partial charge in [-0.1, -0.05) is 6.07 Å². The lowest BCUT2D eigenvalue weighted by Crippen LogP contribution is -2.31. The minimum absolute atomic E-state index is 0.0213. The molecule has 5 heteroatoms. The van der Waals surface area contributed by atoms with Crippen molar-refractivity contribution in [2.45, 2.75) is 33.3 Å². The Morgan fingerprint density at radius 1 is 1.17 bits per heavy atom. The fraction of sp³-hybridized carbons (Fsp3) is 0.368. The molecule has 126 valence electrons. The zero-order valence-electron chi connectivity index (χ0n) is 14.2. The number of ether oxygens (including phenoxy) is 1. The molecular formula is C19H21NO4. The maximum Gasteiger partial charge on any atom is 0.339 e. The molecule has 5 nitrogen and oxygen atoms in total. The largest absolute Gasteiger partial charge is 0.488 e. The van der Waals surface area contributed by atoms with Gasteiger partial charge in [0.15, 0.2) is 0 Å². The zero-order chi connectivity index (χ0) is 17.3. The number of likely N-dealkylation sites (tertiary alicyclic amines) is 1. The second-order valence-electron chi connectivity index (χ2n) is 6.30. The van der Waals surface area contributed by atoms with E-state index in [1.54, 1.807) is 17.9 Å². The fourth-order valence-corrected chi connectivity index (χ4v) is 2.90. The standard InChI is InChI=1S/C19H21NO4/c1-12-4-5-15(8-13(12)2)19(22)20-7-6-16(11-20)24-17-9-14(3)23-18(21)10-17/h4-5,8-10,16H,6-7,11H2,1-3H3. The summed E-state index contributed by atoms with van der Waals surface area (Å²) >= 11 is 0. The highest BCUT2D eigenvalue weighted by molar-refractivity contribution is 5.94. The van der Waals surface area contributed by atoms with Gasteiger partial charge < -0.3 is 14.1 Å². The first kappa shape index (κ1) is 16.3. The van der Waals surface area contributed by atoms with E-state index in [4.69, 9.17) is 9.15 Å². The molecule has 24 heavy (non-hydrogen) atoms. The van der Waals surface area contributed by atoms with Crippen LogP contribution in [0.25, 0.3) is 0 Å². The molecule has 3 rings (SSSR count). The SMILES string of the molecule is Cc1cc(OC2CCN(C(=O)c3ccc(C)c(C)c3)C2)cc(=O)o1. The number of carbonyl (C=O) groups is 1. The highest BCUT2D eigenvalue weighted by Gasteiger charge is 2.28. The van der Waals surface area contributed by atoms with E-state index in [1.165, 1.54) is 11.6 Å². The molecule has 1 aromatic carbocycles. The van der Waals surface area contributed by atoms with Crippen LogP contribution in [-0.4, -0.2) is 30.0 Å². The molecule has 1 aliphatic rings. The van der Waals surface area contributed by atoms with E-state index >= 15 is 0 Å². The predicted molar refractivity (Wildman–Crippen MR) is 90.6 cm³/mol. The van der Waals surface area contributed by atoms with Gasteiger partial charge in [-0.15, -0.1) is 0 Å². The third kappa shape index (κ3) is 3.50. The second-order valence-corrected chi connectivity index (χ2v) is 6.30. The lowest BCUT2D eigenvalue weighted by Gasteiger charge is -2.18. The van der Waals surface area contributed by atoms with Gasteiger partial charge in [-0.25, -0.2) is 4.79 Å². The van der Waals surface area contributed by atoms with Gasteiger partial charge in [0.1, 0.15) is 17.6 Å². The predicted octanol–water partition coefficient (Wildman–Crippen LogP) is 2.86. The highest BCUT2D eigenvalue weighted by atomic mass is 16.5. The van der Waals surface area contributed by atoms with Crippen molar-refractivity contribution in [2.75, 3.05) is 13.1 Å². The van der Waals surface area contributed by atoms with Gasteiger partial charge in [-0.3, -0.25) is 4.79 Å². The topological polar surface area (TPSA) is 59.8 Å². The summed E-state index contributed by atoms with van der Waals surface area (Å²) in [5.41, 5.74) is 2.56. The Balaban J connectivity index is 1.67. The molecule has 0 bridgehead atoms. The molecule has 0 N–H and O–H groups in total. The molecule has 0 aliphatic carbocycles. The smallest absolute Gasteiger partial charge is 0.339 e. The summed E-state index contributed by atoms with van der Waals surface area (Å²) in [4.78, 5) is 25.8. The van der Waals surface area contributed by atoms with Crippen molar-refractivity contribution in [3.05, 3.63) is 63.2 Å². The van der Waals surface area contributed by atoms with Crippen molar-refractivity contribution in [3.8, 4) is 5.75 Å². The third-order valence-electron chi connectivity index (χ3n) is 4.36. The van der Waals surface area contributed by atoms with Crippen molar-refractivity contribution in [1.82, 2.24) is 4.90 Å². The maximum absolute atomic E-state index is 12.6. The molecule has 1 fully saturated rings. The maximum atomic E-state index is 12.6. The molecule has 1 aromatic heterocycles. The molecule has 0 spiro atoms. The van der Waals surface area contributed by atoms with Crippen LogP contribution in [0.15, 0.2) is 39.5 Å². The summed E-state index contributed by atoms with van der Waals surface area (Å²) in [6, 6.07) is 8.79. The number of hydrogen-bond donors (Lipinski definition) is 0. The molecule has 1 unspecified atom stereocenters. The summed E-state index contributed by atoms with van der Waals surface area (Å²) in [5, 5.41) is 0. The first-order valence-corrected chi connectivity index (χ1v) is 8.07. The molecule has 1 amide bonds. The summed E-state index contributed by atoms with van der Waals surface area (Å²) in [5.74, 6) is 1.03. The number of carbonyl (C=O) groups excluding carboxylic acids is 1. The summed E-state index contributed by atoms with van der Waals surface area (Å²) in [6.45, 7) is 6.91. The monoisotopic (exact) mass is 327 g/mol. The number of amides is 1. The van der Waals surface area contributed by atoms with E-state index in [1.807, 2.05) is 32.0 Å². The van der Waals surface area contributed by atoms with Crippen LogP contribution in [0.5, 0.6) is 5.75 Å². The fourth-order valence-electron chi connectivity index (χ4n) is 2.90. The van der Waals surface area contributed by atoms with Gasteiger partial charge in [0.25, 0.3) is 5.91 Å². The second kappa shape index (κ2) is 6.51. The van der Waals surface area contributed by atoms with Crippen molar-refractivity contribution in [1.29, 1.82) is 0 Å². The van der Waals surface area contributed by atoms with Crippen molar-refractivity contribution < 1.29 is 13.9 Å². The number of aryl methyl sites for hydroxylation is 3. The average Bonchev–Trinajstić information content (AvgIpc) is 2.96. The van der Waals surface area contributed by atoms with Gasteiger partial charge in [0, 0.05) is 24.6 Å². The van der Waals surface area contributed by atoms with E-state index in [-0.39, 0.29) is 12.0 Å². The van der Waals surface area contributed by atoms with Crippen LogP contribution >= 0.6 is 0 Å². The van der Waals surface area contributed by atoms with Crippen molar-refractivity contribution in [2.24, 2.45) is 0 Å². The first-order valence-electron chi connectivity index (χ1n) is 8.07. The minimum Gasteiger partial charge on any atom is -0.488 e. The minimum atomic E-state index is -0.425. The van der Waals surface area contributed by atoms with Gasteiger partial charge in [0.2, 0.25) is 0 Å². The van der Waals surface area contributed by atoms with E-state index < -0.39 is 5.63 Å². The lowest BCUT2D eigenvalue weighted by molar-refractivity contribution is 0.0772. The third-order valence-corrected chi connectivity index (χ3v) is 4.36. The van der Waals surface area contributed by atoms with Gasteiger partial charge in [-0.05, 0) is 44.0 Å². The van der Waals surface area contributed by atoms with Crippen LogP contribution < -0.4 is 10.4 Å². The molecule has 1 atom stereocenters. The number of hydrogen-bond acceptors (Lipinski definition) is 4. The first-order chi connectivity index (χ1) is 11.4. The van der Waals surface area contributed by atoms with Crippen LogP contribution in [0.3, 0.4) is 0 Å². The van der Waals surface area contributed by atoms with E-state index in [2.05, 4.69) is 0 Å². The molecule has 2 aromatic rings. The lowest BCUT2D eigenvalue weighted by atomic mass is 10.1. The van der Waals surface area contributed by atoms with Gasteiger partial charge in [0.05, 0.1) is 12.6 Å². The molecule has 0 radical (unpaired) electrons. The average molecular weight is 327 g/mol. The summed E-state index contributed by atoms with van der Waals surface area (Å²) in [6.07, 6.45) is 0.636. The Bertz CT molecular complexity index is 824. The van der Waals surface area contributed by atoms with Crippen LogP contribution in [0, 0.1) is 20.8 Å². The normalized spacial score (nSPS) is 17.1. The van der Waals surface area contributed by atoms with E-state index in [0.717, 1.165) is 12.0 Å². The van der Waals surface area contributed by atoms with Crippen LogP contribution in [0.4, 0.5) is 0 Å². The Morgan fingerprint density at radius 2 is 1.96 bits per heavy atom. The summed E-state index contributed by atoms with van der Waals surface area (Å²) in [7, 11) is 0. The Hall–Kier alpha value is -2.56. The van der Waals surface area contributed by atoms with Crippen molar-refractivity contribution >= 4 is 5.91 Å². The van der Waals surface area contributed by atoms with E-state index in [9.17, 15) is 9.59 Å². The Kier molecular flexibility index (Phi) is 4.42. The number of nitrogens with zero attached hydrogens (tertiary/aromatic N) is 1. The molecule has 1 saturated heterocycles. The zero-order valence-corrected chi connectivity index (χ0v) is 14.2. The van der Waals surface area contributed by atoms with Gasteiger partial charge >= 0.3 is 5.63 Å². The van der Waals surface area contributed by atoms with Gasteiger partial charge in [-0.2, -0.15) is 0 Å². The number of benzene rings is 1. The molecule has 0 saturated carbocycles. The molecular weight excluding hydrogens is 306 g/mol. The highest BCUT2D eigenvalue weighted by Crippen LogP contribution is 2.20. The van der Waals surface area contributed by atoms with E-state index in [0.29, 0.717) is 30.2 Å². The molecule has 1 aliphatic heterocycles. The van der Waals surface area contributed by atoms with Crippen LogP contribution in [-0.2, 0) is 0 Å². The summed E-state index contributed by atoms with van der Waals surface area (Å²) < 4.78 is 10.8. The number of rotatable bonds is 3. The van der Waals surface area contributed by atoms with Crippen molar-refractivity contribution in [3.63, 3.8) is 0 Å². The quantitative estimate of drug-likeness (QED) is 0.870. The Morgan fingerprint density at radius 3 is 2.67 bits per heavy atom. The Labute approximate surface area is 140 Å². The molecule has 2 heterocycles. The van der Waals surface area contributed by atoms with Crippen LogP contribution in [0.1, 0.15) is 33.7 Å².